The maximum absolute atomic E-state index is 13.5. The first kappa shape index (κ1) is 59.5. The number of unbranched alkanes of at least 4 members (excludes halogenated alkanes) is 9. The van der Waals surface area contributed by atoms with Crippen molar-refractivity contribution >= 4 is 11.8 Å². The predicted molar refractivity (Wildman–Crippen MR) is 295 cm³/mol. The Hall–Kier alpha value is -4.84. The quantitative estimate of drug-likeness (QED) is 0.0213. The van der Waals surface area contributed by atoms with E-state index in [0.717, 1.165) is 28.7 Å². The Labute approximate surface area is 425 Å². The lowest BCUT2D eigenvalue weighted by Gasteiger charge is -2.43. The van der Waals surface area contributed by atoms with E-state index in [1.807, 2.05) is 158 Å². The summed E-state index contributed by atoms with van der Waals surface area (Å²) in [5.41, 5.74) is 5.04. The number of esters is 1. The van der Waals surface area contributed by atoms with Crippen LogP contribution in [-0.4, -0.2) is 51.0 Å². The molecule has 0 spiro atoms. The average Bonchev–Trinajstić information content (AvgIpc) is 3.89. The van der Waals surface area contributed by atoms with Crippen LogP contribution in [0.1, 0.15) is 172 Å². The minimum atomic E-state index is -1.08. The molecule has 0 aromatic rings. The van der Waals surface area contributed by atoms with Gasteiger partial charge in [-0.05, 0) is 89.9 Å². The van der Waals surface area contributed by atoms with E-state index >= 15 is 0 Å². The lowest BCUT2D eigenvalue weighted by Crippen LogP contribution is -2.49. The number of aliphatic hydroxyl groups excluding tert-OH is 1. The summed E-state index contributed by atoms with van der Waals surface area (Å²) < 4.78 is 12.3. The fourth-order valence-corrected chi connectivity index (χ4v) is 10.1. The van der Waals surface area contributed by atoms with Crippen molar-refractivity contribution in [1.29, 1.82) is 0 Å². The van der Waals surface area contributed by atoms with Crippen LogP contribution in [0.2, 0.25) is 0 Å². The summed E-state index contributed by atoms with van der Waals surface area (Å²) in [6.07, 6.45) is 59.8. The summed E-state index contributed by atoms with van der Waals surface area (Å²) in [5, 5.41) is 21.1. The number of allylic oxidation sites excluding steroid dienone is 25. The van der Waals surface area contributed by atoms with Crippen molar-refractivity contribution in [2.45, 2.75) is 201 Å². The van der Waals surface area contributed by atoms with Gasteiger partial charge in [0.2, 0.25) is 0 Å². The third-order valence-electron chi connectivity index (χ3n) is 13.9. The van der Waals surface area contributed by atoms with Crippen molar-refractivity contribution in [3.05, 3.63) is 173 Å². The van der Waals surface area contributed by atoms with Crippen LogP contribution in [0, 0.1) is 10.8 Å². The molecule has 0 amide bonds. The number of Topliss-reactive ketones (excluding diaryl/α,β-unsaturated/α-hetero) is 1. The Morgan fingerprint density at radius 3 is 1.73 bits per heavy atom. The van der Waals surface area contributed by atoms with Gasteiger partial charge in [0, 0.05) is 36.3 Å². The number of ketones is 1. The maximum Gasteiger partial charge on any atom is 0.331 e. The van der Waals surface area contributed by atoms with Crippen molar-refractivity contribution in [3.63, 3.8) is 0 Å². The molecule has 0 aromatic heterocycles. The summed E-state index contributed by atoms with van der Waals surface area (Å²) in [6, 6.07) is 0. The molecule has 2 saturated carbocycles. The zero-order valence-electron chi connectivity index (χ0n) is 45.1. The fourth-order valence-electron chi connectivity index (χ4n) is 10.1. The third-order valence-corrected chi connectivity index (χ3v) is 13.9. The normalized spacial score (nSPS) is 26.7. The number of carbonyl (C=O) groups is 2. The van der Waals surface area contributed by atoms with E-state index in [2.05, 4.69) is 44.7 Å². The van der Waals surface area contributed by atoms with Gasteiger partial charge in [0.15, 0.2) is 5.78 Å². The molecular weight excluding hydrogens is 865 g/mol. The van der Waals surface area contributed by atoms with E-state index in [1.54, 1.807) is 13.0 Å². The maximum atomic E-state index is 13.5. The largest absolute Gasteiger partial charge is 0.459 e. The Morgan fingerprint density at radius 1 is 0.629 bits per heavy atom. The molecule has 5 atom stereocenters. The lowest BCUT2D eigenvalue weighted by molar-refractivity contribution is -0.147. The van der Waals surface area contributed by atoms with Gasteiger partial charge in [-0.25, -0.2) is 4.79 Å². The van der Waals surface area contributed by atoms with Crippen LogP contribution < -0.4 is 0 Å². The monoisotopic (exact) mass is 955 g/mol. The zero-order valence-corrected chi connectivity index (χ0v) is 45.1. The molecule has 0 unspecified atom stereocenters. The minimum Gasteiger partial charge on any atom is -0.459 e. The summed E-state index contributed by atoms with van der Waals surface area (Å²) in [5.74, 6) is -0.334. The van der Waals surface area contributed by atoms with Gasteiger partial charge in [0.05, 0.1) is 17.3 Å². The molecule has 70 heavy (non-hydrogen) atoms. The molecule has 1 aliphatic heterocycles. The number of ether oxygens (including phenoxy) is 2. The Bertz CT molecular complexity index is 2170. The second-order valence-corrected chi connectivity index (χ2v) is 21.6. The molecule has 6 nitrogen and oxygen atoms in total. The van der Waals surface area contributed by atoms with Crippen LogP contribution in [0.3, 0.4) is 0 Å². The summed E-state index contributed by atoms with van der Waals surface area (Å²) in [7, 11) is 0. The molecule has 0 radical (unpaired) electrons. The van der Waals surface area contributed by atoms with E-state index in [-0.39, 0.29) is 35.1 Å². The first-order valence-electron chi connectivity index (χ1n) is 26.2. The molecule has 3 aliphatic rings. The number of fused-ring (bicyclic) bond motifs is 1. The van der Waals surface area contributed by atoms with Crippen molar-refractivity contribution < 1.29 is 29.3 Å². The van der Waals surface area contributed by atoms with Gasteiger partial charge in [-0.1, -0.05) is 225 Å². The highest BCUT2D eigenvalue weighted by molar-refractivity contribution is 5.96. The topological polar surface area (TPSA) is 96.4 Å². The fraction of sp³-hybridized carbons (Fsp3) is 0.516. The molecular formula is C64H90O6. The van der Waals surface area contributed by atoms with Crippen molar-refractivity contribution in [1.82, 2.24) is 0 Å². The van der Waals surface area contributed by atoms with E-state index in [9.17, 15) is 19.8 Å². The molecule has 382 valence electrons. The predicted octanol–water partition coefficient (Wildman–Crippen LogP) is 15.9. The SMILES string of the molecule is CCCCCCCCCCC/C=C/C=C/C=C/C=C/C=C/C=C/C(=O)O[C@H]1CC(C)(C)[C@]2(CC(=O)/C(C)=C/C=C/C(C)=C/C=C/C=C(C)/C=C/C=C(\C)C=C=C3C(C)(C)C[C@H](O)C[C@@]3(C)O)O[C@]2(C)C1. The Morgan fingerprint density at radius 2 is 1.16 bits per heavy atom. The van der Waals surface area contributed by atoms with Crippen LogP contribution in [-0.2, 0) is 19.1 Å². The first-order valence-corrected chi connectivity index (χ1v) is 26.2. The van der Waals surface area contributed by atoms with Gasteiger partial charge in [0.25, 0.3) is 0 Å². The van der Waals surface area contributed by atoms with Crippen LogP contribution >= 0.6 is 0 Å². The average molecular weight is 955 g/mol. The number of hydrogen-bond acceptors (Lipinski definition) is 6. The van der Waals surface area contributed by atoms with E-state index in [1.165, 1.54) is 63.9 Å². The van der Waals surface area contributed by atoms with E-state index < -0.39 is 22.9 Å². The van der Waals surface area contributed by atoms with Crippen molar-refractivity contribution in [3.8, 4) is 0 Å². The van der Waals surface area contributed by atoms with Crippen molar-refractivity contribution in [2.24, 2.45) is 10.8 Å². The Kier molecular flexibility index (Phi) is 25.1. The second kappa shape index (κ2) is 29.5. The van der Waals surface area contributed by atoms with Gasteiger partial charge >= 0.3 is 5.97 Å². The minimum absolute atomic E-state index is 0.0509. The highest BCUT2D eigenvalue weighted by Crippen LogP contribution is 2.67. The smallest absolute Gasteiger partial charge is 0.331 e. The van der Waals surface area contributed by atoms with Gasteiger partial charge < -0.3 is 19.7 Å². The number of carbonyl (C=O) groups excluding carboxylic acids is 2. The van der Waals surface area contributed by atoms with Gasteiger partial charge in [0.1, 0.15) is 11.7 Å². The molecule has 2 aliphatic carbocycles. The van der Waals surface area contributed by atoms with E-state index in [4.69, 9.17) is 9.47 Å². The lowest BCUT2D eigenvalue weighted by atomic mass is 9.61. The molecule has 3 rings (SSSR count). The van der Waals surface area contributed by atoms with Crippen LogP contribution in [0.25, 0.3) is 0 Å². The van der Waals surface area contributed by atoms with E-state index in [0.29, 0.717) is 31.3 Å². The van der Waals surface area contributed by atoms with Gasteiger partial charge in [-0.15, -0.1) is 5.73 Å². The molecule has 0 bridgehead atoms. The van der Waals surface area contributed by atoms with Crippen LogP contribution in [0.5, 0.6) is 0 Å². The molecule has 3 fully saturated rings. The molecule has 6 heteroatoms. The molecule has 1 heterocycles. The summed E-state index contributed by atoms with van der Waals surface area (Å²) in [6.45, 7) is 22.3. The van der Waals surface area contributed by atoms with Crippen LogP contribution in [0.4, 0.5) is 0 Å². The standard InChI is InChI=1S/C64H90O6/c1-12-13-14-15-16-17-18-19-20-21-22-23-24-25-26-27-28-29-30-31-32-43-59(67)69-56-48-61(8,9)64(63(11,49-56)70-64)50-57(66)54(5)42-36-41-52(3)38-34-33-37-51(2)39-35-40-53(4)44-45-58-60(6,7)46-55(65)47-62(58,10)68/h22-44,55-56,65,68H,12-21,46-50H2,1-11H3/b23-22+,25-24+,27-26+,29-28+,31-30+,34-33+,39-35+,41-36+,43-32+,51-37+,52-38+,53-40+,54-42+/t45?,55-,56-,62+,63+,64-/m0/s1. The summed E-state index contributed by atoms with van der Waals surface area (Å²) in [4.78, 5) is 26.3. The highest BCUT2D eigenvalue weighted by atomic mass is 16.6. The number of rotatable bonds is 27. The van der Waals surface area contributed by atoms with Crippen LogP contribution in [0.15, 0.2) is 173 Å². The van der Waals surface area contributed by atoms with Crippen molar-refractivity contribution in [2.75, 3.05) is 0 Å². The number of aliphatic hydroxyl groups is 2. The third kappa shape index (κ3) is 20.5. The number of hydrogen-bond donors (Lipinski definition) is 2. The highest BCUT2D eigenvalue weighted by Gasteiger charge is 2.76. The second-order valence-electron chi connectivity index (χ2n) is 21.6. The zero-order chi connectivity index (χ0) is 51.7. The molecule has 0 aromatic carbocycles. The Balaban J connectivity index is 1.39. The molecule has 2 N–H and O–H groups in total. The number of epoxide rings is 1. The summed E-state index contributed by atoms with van der Waals surface area (Å²) >= 11 is 0. The first-order chi connectivity index (χ1) is 33.2. The van der Waals surface area contributed by atoms with Gasteiger partial charge in [-0.3, -0.25) is 4.79 Å². The van der Waals surface area contributed by atoms with Gasteiger partial charge in [-0.2, -0.15) is 0 Å². The molecule has 1 saturated heterocycles.